The maximum Gasteiger partial charge on any atom is 0.266 e. The highest BCUT2D eigenvalue weighted by molar-refractivity contribution is 6.09. The number of amides is 1. The molecule has 0 aliphatic carbocycles. The number of nitrogens with zero attached hydrogens (tertiary/aromatic N) is 2. The highest BCUT2D eigenvalue weighted by atomic mass is 19.1. The lowest BCUT2D eigenvalue weighted by atomic mass is 9.87. The lowest BCUT2D eigenvalue weighted by Crippen LogP contribution is -2.45. The predicted octanol–water partition coefficient (Wildman–Crippen LogP) is 6.35. The molecule has 32 heavy (non-hydrogen) atoms. The normalized spacial score (nSPS) is 15.0. The lowest BCUT2D eigenvalue weighted by molar-refractivity contribution is -0.112. The number of hydrogen-bond donors (Lipinski definition) is 1. The van der Waals surface area contributed by atoms with Gasteiger partial charge in [-0.25, -0.2) is 4.39 Å². The monoisotopic (exact) mass is 431 g/mol. The summed E-state index contributed by atoms with van der Waals surface area (Å²) in [5.74, 6) is -1.02. The SMILES string of the molecule is CCCN1c2cc(F)c(/C=C(\C#N)C(=O)Nc3ccc(CC)cc3)cc2C(C)=CC1(C)C. The van der Waals surface area contributed by atoms with Crippen LogP contribution in [0, 0.1) is 17.1 Å². The van der Waals surface area contributed by atoms with E-state index in [1.165, 1.54) is 12.1 Å². The summed E-state index contributed by atoms with van der Waals surface area (Å²) < 4.78 is 15.1. The second-order valence-electron chi connectivity index (χ2n) is 8.70. The average molecular weight is 432 g/mol. The molecule has 1 amide bonds. The van der Waals surface area contributed by atoms with Crippen LogP contribution in [0.5, 0.6) is 0 Å². The fraction of sp³-hybridized carbons (Fsp3) is 0.333. The van der Waals surface area contributed by atoms with E-state index in [1.807, 2.05) is 25.1 Å². The molecule has 0 unspecified atom stereocenters. The summed E-state index contributed by atoms with van der Waals surface area (Å²) in [6.45, 7) is 11.2. The molecule has 0 saturated heterocycles. The van der Waals surface area contributed by atoms with Crippen molar-refractivity contribution < 1.29 is 9.18 Å². The predicted molar refractivity (Wildman–Crippen MR) is 130 cm³/mol. The van der Waals surface area contributed by atoms with Crippen LogP contribution in [0.4, 0.5) is 15.8 Å². The standard InChI is InChI=1S/C27H30FN3O/c1-6-12-31-25-15-24(28)20(14-23(25)18(3)16-27(31,4)5)13-21(17-29)26(32)30-22-10-8-19(7-2)9-11-22/h8-11,13-16H,6-7,12H2,1-5H3,(H,30,32)/b21-13+. The fourth-order valence-electron chi connectivity index (χ4n) is 4.18. The minimum atomic E-state index is -0.560. The van der Waals surface area contributed by atoms with Crippen molar-refractivity contribution >= 4 is 28.9 Å². The van der Waals surface area contributed by atoms with Gasteiger partial charge in [0.05, 0.1) is 5.54 Å². The van der Waals surface area contributed by atoms with Gasteiger partial charge in [0.2, 0.25) is 0 Å². The maximum atomic E-state index is 15.1. The summed E-state index contributed by atoms with van der Waals surface area (Å²) in [6, 6.07) is 12.6. The fourth-order valence-corrected chi connectivity index (χ4v) is 4.18. The van der Waals surface area contributed by atoms with E-state index in [9.17, 15) is 10.1 Å². The van der Waals surface area contributed by atoms with E-state index >= 15 is 4.39 Å². The van der Waals surface area contributed by atoms with Gasteiger partial charge in [0.1, 0.15) is 17.5 Å². The summed E-state index contributed by atoms with van der Waals surface area (Å²) >= 11 is 0. The van der Waals surface area contributed by atoms with Gasteiger partial charge >= 0.3 is 0 Å². The summed E-state index contributed by atoms with van der Waals surface area (Å²) in [5.41, 5.74) is 4.40. The molecule has 0 radical (unpaired) electrons. The Balaban J connectivity index is 1.95. The van der Waals surface area contributed by atoms with Gasteiger partial charge in [-0.3, -0.25) is 4.79 Å². The van der Waals surface area contributed by atoms with E-state index in [4.69, 9.17) is 0 Å². The zero-order chi connectivity index (χ0) is 23.5. The molecule has 1 N–H and O–H groups in total. The first-order chi connectivity index (χ1) is 15.2. The van der Waals surface area contributed by atoms with Gasteiger partial charge in [0, 0.05) is 29.0 Å². The zero-order valence-corrected chi connectivity index (χ0v) is 19.4. The Morgan fingerprint density at radius 1 is 1.22 bits per heavy atom. The number of nitriles is 1. The number of nitrogens with one attached hydrogen (secondary N) is 1. The van der Waals surface area contributed by atoms with Crippen LogP contribution >= 0.6 is 0 Å². The first-order valence-electron chi connectivity index (χ1n) is 11.0. The topological polar surface area (TPSA) is 56.1 Å². The van der Waals surface area contributed by atoms with Crippen molar-refractivity contribution in [1.29, 1.82) is 5.26 Å². The van der Waals surface area contributed by atoms with Gasteiger partial charge in [0.25, 0.3) is 5.91 Å². The van der Waals surface area contributed by atoms with Gasteiger partial charge in [-0.2, -0.15) is 5.26 Å². The van der Waals surface area contributed by atoms with E-state index in [2.05, 4.69) is 44.0 Å². The molecule has 0 saturated carbocycles. The molecule has 2 aromatic carbocycles. The van der Waals surface area contributed by atoms with Crippen LogP contribution in [-0.4, -0.2) is 18.0 Å². The molecular weight excluding hydrogens is 401 g/mol. The highest BCUT2D eigenvalue weighted by Crippen LogP contribution is 2.40. The lowest BCUT2D eigenvalue weighted by Gasteiger charge is -2.43. The van der Waals surface area contributed by atoms with E-state index < -0.39 is 11.7 Å². The van der Waals surface area contributed by atoms with Crippen LogP contribution in [-0.2, 0) is 11.2 Å². The van der Waals surface area contributed by atoms with Crippen LogP contribution in [0.25, 0.3) is 11.6 Å². The van der Waals surface area contributed by atoms with Gasteiger partial charge in [-0.15, -0.1) is 0 Å². The van der Waals surface area contributed by atoms with Crippen LogP contribution in [0.15, 0.2) is 48.0 Å². The molecule has 5 heteroatoms. The van der Waals surface area contributed by atoms with Crippen molar-refractivity contribution in [3.05, 3.63) is 70.6 Å². The van der Waals surface area contributed by atoms with Crippen molar-refractivity contribution in [2.75, 3.05) is 16.8 Å². The van der Waals surface area contributed by atoms with Crippen molar-refractivity contribution in [3.8, 4) is 6.07 Å². The largest absolute Gasteiger partial charge is 0.362 e. The average Bonchev–Trinajstić information content (AvgIpc) is 2.75. The van der Waals surface area contributed by atoms with Crippen LogP contribution in [0.1, 0.15) is 57.7 Å². The van der Waals surface area contributed by atoms with E-state index in [0.29, 0.717) is 5.69 Å². The number of aryl methyl sites for hydroxylation is 1. The molecule has 0 atom stereocenters. The third kappa shape index (κ3) is 4.75. The Morgan fingerprint density at radius 3 is 2.50 bits per heavy atom. The van der Waals surface area contributed by atoms with E-state index in [0.717, 1.165) is 41.8 Å². The third-order valence-corrected chi connectivity index (χ3v) is 5.83. The molecule has 0 aromatic heterocycles. The minimum Gasteiger partial charge on any atom is -0.362 e. The molecule has 0 fully saturated rings. The molecule has 4 nitrogen and oxygen atoms in total. The van der Waals surface area contributed by atoms with Crippen molar-refractivity contribution in [1.82, 2.24) is 0 Å². The third-order valence-electron chi connectivity index (χ3n) is 5.83. The number of carbonyl (C=O) groups excluding carboxylic acids is 1. The Hall–Kier alpha value is -3.39. The van der Waals surface area contributed by atoms with Gasteiger partial charge in [-0.05, 0) is 75.1 Å². The molecule has 3 rings (SSSR count). The van der Waals surface area contributed by atoms with E-state index in [1.54, 1.807) is 18.2 Å². The molecule has 0 bridgehead atoms. The number of hydrogen-bond acceptors (Lipinski definition) is 3. The Kier molecular flexibility index (Phi) is 6.84. The molecule has 2 aromatic rings. The first kappa shape index (κ1) is 23.3. The van der Waals surface area contributed by atoms with Crippen molar-refractivity contribution in [2.45, 2.75) is 53.0 Å². The zero-order valence-electron chi connectivity index (χ0n) is 19.4. The number of benzene rings is 2. The molecule has 1 heterocycles. The van der Waals surface area contributed by atoms with Crippen LogP contribution < -0.4 is 10.2 Å². The van der Waals surface area contributed by atoms with Crippen LogP contribution in [0.3, 0.4) is 0 Å². The number of halogens is 1. The summed E-state index contributed by atoms with van der Waals surface area (Å²) in [6.07, 6.45) is 5.34. The minimum absolute atomic E-state index is 0.147. The number of carbonyl (C=O) groups is 1. The van der Waals surface area contributed by atoms with Gasteiger partial charge < -0.3 is 10.2 Å². The van der Waals surface area contributed by atoms with Gasteiger partial charge in [-0.1, -0.05) is 32.1 Å². The summed E-state index contributed by atoms with van der Waals surface area (Å²) in [4.78, 5) is 14.8. The van der Waals surface area contributed by atoms with Crippen molar-refractivity contribution in [3.63, 3.8) is 0 Å². The molecule has 166 valence electrons. The molecule has 1 aliphatic rings. The summed E-state index contributed by atoms with van der Waals surface area (Å²) in [5, 5.41) is 12.3. The molecule has 1 aliphatic heterocycles. The highest BCUT2D eigenvalue weighted by Gasteiger charge is 2.31. The molecular formula is C27H30FN3O. The summed E-state index contributed by atoms with van der Waals surface area (Å²) in [7, 11) is 0. The van der Waals surface area contributed by atoms with E-state index in [-0.39, 0.29) is 16.7 Å². The number of anilines is 2. The Labute approximate surface area is 190 Å². The Morgan fingerprint density at radius 2 is 1.91 bits per heavy atom. The first-order valence-corrected chi connectivity index (χ1v) is 11.0. The van der Waals surface area contributed by atoms with Crippen molar-refractivity contribution in [2.24, 2.45) is 0 Å². The molecule has 0 spiro atoms. The van der Waals surface area contributed by atoms with Gasteiger partial charge in [0.15, 0.2) is 0 Å². The number of allylic oxidation sites excluding steroid dienone is 1. The smallest absolute Gasteiger partial charge is 0.266 e. The number of rotatable bonds is 6. The second-order valence-corrected chi connectivity index (χ2v) is 8.70. The Bertz CT molecular complexity index is 1120. The number of fused-ring (bicyclic) bond motifs is 1. The van der Waals surface area contributed by atoms with Crippen LogP contribution in [0.2, 0.25) is 0 Å². The second kappa shape index (κ2) is 9.40. The maximum absolute atomic E-state index is 15.1. The quantitative estimate of drug-likeness (QED) is 0.428.